The summed E-state index contributed by atoms with van der Waals surface area (Å²) in [5.41, 5.74) is 0.979. The molecule has 3 atom stereocenters. The Kier molecular flexibility index (Phi) is 5.61. The lowest BCUT2D eigenvalue weighted by atomic mass is 9.96. The first-order chi connectivity index (χ1) is 10.1. The number of amides is 2. The van der Waals surface area contributed by atoms with Crippen molar-refractivity contribution in [2.45, 2.75) is 51.1 Å². The molecule has 21 heavy (non-hydrogen) atoms. The van der Waals surface area contributed by atoms with Crippen LogP contribution in [-0.4, -0.2) is 33.6 Å². The van der Waals surface area contributed by atoms with E-state index < -0.39 is 0 Å². The van der Waals surface area contributed by atoms with Gasteiger partial charge in [-0.15, -0.1) is 0 Å². The van der Waals surface area contributed by atoms with E-state index in [0.29, 0.717) is 0 Å². The Morgan fingerprint density at radius 3 is 2.90 bits per heavy atom. The third-order valence-electron chi connectivity index (χ3n) is 4.28. The average molecular weight is 294 g/mol. The number of hydrogen-bond donors (Lipinski definition) is 3. The van der Waals surface area contributed by atoms with Crippen LogP contribution in [0.1, 0.15) is 50.6 Å². The Hall–Kier alpha value is -1.56. The zero-order valence-corrected chi connectivity index (χ0v) is 12.9. The van der Waals surface area contributed by atoms with Crippen LogP contribution in [0.15, 0.2) is 12.4 Å². The highest BCUT2D eigenvalue weighted by molar-refractivity contribution is 5.74. The fourth-order valence-electron chi connectivity index (χ4n) is 2.95. The molecule has 1 aromatic rings. The highest BCUT2D eigenvalue weighted by Crippen LogP contribution is 2.23. The predicted octanol–water partition coefficient (Wildman–Crippen LogP) is 1.72. The molecule has 0 bridgehead atoms. The fourth-order valence-corrected chi connectivity index (χ4v) is 2.95. The normalized spacial score (nSPS) is 24.1. The van der Waals surface area contributed by atoms with Crippen molar-refractivity contribution < 1.29 is 9.90 Å². The van der Waals surface area contributed by atoms with Crippen LogP contribution in [-0.2, 0) is 7.05 Å². The van der Waals surface area contributed by atoms with Gasteiger partial charge in [0.25, 0.3) is 0 Å². The van der Waals surface area contributed by atoms with Gasteiger partial charge in [-0.2, -0.15) is 5.10 Å². The second-order valence-corrected chi connectivity index (χ2v) is 5.97. The van der Waals surface area contributed by atoms with Gasteiger partial charge in [-0.3, -0.25) is 4.68 Å². The number of carbonyl (C=O) groups is 1. The minimum atomic E-state index is -0.170. The topological polar surface area (TPSA) is 79.2 Å². The number of urea groups is 1. The second-order valence-electron chi connectivity index (χ2n) is 5.97. The Morgan fingerprint density at radius 1 is 1.48 bits per heavy atom. The molecule has 2 amide bonds. The number of aryl methyl sites for hydroxylation is 1. The third kappa shape index (κ3) is 4.46. The standard InChI is InChI=1S/C15H26N4O2/c1-11(13-8-16-19(2)9-13)17-15(21)18-14-7-5-3-4-6-12(14)10-20/h8-9,11-12,14,20H,3-7,10H2,1-2H3,(H2,17,18,21). The van der Waals surface area contributed by atoms with E-state index in [2.05, 4.69) is 15.7 Å². The summed E-state index contributed by atoms with van der Waals surface area (Å²) in [7, 11) is 1.85. The van der Waals surface area contributed by atoms with E-state index in [-0.39, 0.29) is 30.6 Å². The van der Waals surface area contributed by atoms with Crippen LogP contribution in [0, 0.1) is 5.92 Å². The lowest BCUT2D eigenvalue weighted by molar-refractivity contribution is 0.178. The smallest absolute Gasteiger partial charge is 0.315 e. The SMILES string of the molecule is CC(NC(=O)NC1CCCCCC1CO)c1cnn(C)c1. The van der Waals surface area contributed by atoms with Crippen LogP contribution >= 0.6 is 0 Å². The molecular weight excluding hydrogens is 268 g/mol. The second kappa shape index (κ2) is 7.45. The Morgan fingerprint density at radius 2 is 2.24 bits per heavy atom. The summed E-state index contributed by atoms with van der Waals surface area (Å²) >= 11 is 0. The maximum atomic E-state index is 12.1. The number of carbonyl (C=O) groups excluding carboxylic acids is 1. The van der Waals surface area contributed by atoms with Crippen molar-refractivity contribution in [1.29, 1.82) is 0 Å². The highest BCUT2D eigenvalue weighted by Gasteiger charge is 2.25. The molecule has 1 aliphatic rings. The van der Waals surface area contributed by atoms with E-state index in [0.717, 1.165) is 31.2 Å². The van der Waals surface area contributed by atoms with Crippen molar-refractivity contribution in [3.05, 3.63) is 18.0 Å². The van der Waals surface area contributed by atoms with E-state index in [1.807, 2.05) is 20.2 Å². The number of aliphatic hydroxyl groups excluding tert-OH is 1. The van der Waals surface area contributed by atoms with Gasteiger partial charge in [0.2, 0.25) is 0 Å². The predicted molar refractivity (Wildman–Crippen MR) is 80.7 cm³/mol. The fraction of sp³-hybridized carbons (Fsp3) is 0.733. The summed E-state index contributed by atoms with van der Waals surface area (Å²) in [5, 5.41) is 19.6. The quantitative estimate of drug-likeness (QED) is 0.740. The number of aliphatic hydroxyl groups is 1. The molecule has 1 fully saturated rings. The lowest BCUT2D eigenvalue weighted by Gasteiger charge is -2.25. The summed E-state index contributed by atoms with van der Waals surface area (Å²) in [6.45, 7) is 2.08. The summed E-state index contributed by atoms with van der Waals surface area (Å²) < 4.78 is 1.72. The molecule has 0 radical (unpaired) electrons. The van der Waals surface area contributed by atoms with Crippen LogP contribution < -0.4 is 10.6 Å². The maximum absolute atomic E-state index is 12.1. The van der Waals surface area contributed by atoms with Crippen molar-refractivity contribution in [2.75, 3.05) is 6.61 Å². The van der Waals surface area contributed by atoms with Gasteiger partial charge in [0.15, 0.2) is 0 Å². The van der Waals surface area contributed by atoms with Gasteiger partial charge in [0, 0.05) is 37.4 Å². The number of nitrogens with zero attached hydrogens (tertiary/aromatic N) is 2. The zero-order chi connectivity index (χ0) is 15.2. The van der Waals surface area contributed by atoms with Gasteiger partial charge >= 0.3 is 6.03 Å². The van der Waals surface area contributed by atoms with Crippen molar-refractivity contribution in [1.82, 2.24) is 20.4 Å². The highest BCUT2D eigenvalue weighted by atomic mass is 16.3. The van der Waals surface area contributed by atoms with Crippen molar-refractivity contribution in [2.24, 2.45) is 13.0 Å². The van der Waals surface area contributed by atoms with Crippen LogP contribution in [0.3, 0.4) is 0 Å². The van der Waals surface area contributed by atoms with Crippen molar-refractivity contribution >= 4 is 6.03 Å². The molecule has 3 N–H and O–H groups in total. The van der Waals surface area contributed by atoms with Crippen molar-refractivity contribution in [3.63, 3.8) is 0 Å². The number of hydrogen-bond acceptors (Lipinski definition) is 3. The van der Waals surface area contributed by atoms with E-state index in [1.165, 1.54) is 6.42 Å². The molecule has 118 valence electrons. The van der Waals surface area contributed by atoms with Gasteiger partial charge in [-0.05, 0) is 19.8 Å². The molecule has 0 aliphatic heterocycles. The van der Waals surface area contributed by atoms with Crippen LogP contribution in [0.5, 0.6) is 0 Å². The lowest BCUT2D eigenvalue weighted by Crippen LogP contribution is -2.46. The summed E-state index contributed by atoms with van der Waals surface area (Å²) in [4.78, 5) is 12.1. The minimum absolute atomic E-state index is 0.0681. The summed E-state index contributed by atoms with van der Waals surface area (Å²) in [5.74, 6) is 0.173. The molecule has 2 rings (SSSR count). The Labute approximate surface area is 125 Å². The summed E-state index contributed by atoms with van der Waals surface area (Å²) in [6.07, 6.45) is 9.01. The van der Waals surface area contributed by atoms with Gasteiger partial charge in [-0.1, -0.05) is 19.3 Å². The summed E-state index contributed by atoms with van der Waals surface area (Å²) in [6, 6.07) is -0.188. The number of aromatic nitrogens is 2. The largest absolute Gasteiger partial charge is 0.396 e. The van der Waals surface area contributed by atoms with Gasteiger partial charge in [0.1, 0.15) is 0 Å². The first-order valence-electron chi connectivity index (χ1n) is 7.76. The Bertz CT molecular complexity index is 460. The van der Waals surface area contributed by atoms with Crippen LogP contribution in [0.4, 0.5) is 4.79 Å². The van der Waals surface area contributed by atoms with E-state index in [4.69, 9.17) is 0 Å². The van der Waals surface area contributed by atoms with Crippen molar-refractivity contribution in [3.8, 4) is 0 Å². The molecule has 1 aromatic heterocycles. The molecular formula is C15H26N4O2. The molecule has 3 unspecified atom stereocenters. The first-order valence-corrected chi connectivity index (χ1v) is 7.76. The van der Waals surface area contributed by atoms with Crippen LogP contribution in [0.2, 0.25) is 0 Å². The molecule has 6 heteroatoms. The number of rotatable bonds is 4. The third-order valence-corrected chi connectivity index (χ3v) is 4.28. The molecule has 6 nitrogen and oxygen atoms in total. The Balaban J connectivity index is 1.87. The van der Waals surface area contributed by atoms with Gasteiger partial charge in [0.05, 0.1) is 12.2 Å². The number of nitrogens with one attached hydrogen (secondary N) is 2. The zero-order valence-electron chi connectivity index (χ0n) is 12.9. The monoisotopic (exact) mass is 294 g/mol. The van der Waals surface area contributed by atoms with E-state index in [9.17, 15) is 9.90 Å². The molecule has 0 aromatic carbocycles. The average Bonchev–Trinajstić information content (AvgIpc) is 2.76. The maximum Gasteiger partial charge on any atom is 0.315 e. The molecule has 0 spiro atoms. The van der Waals surface area contributed by atoms with Crippen LogP contribution in [0.25, 0.3) is 0 Å². The molecule has 1 aliphatic carbocycles. The van der Waals surface area contributed by atoms with Gasteiger partial charge < -0.3 is 15.7 Å². The molecule has 1 heterocycles. The van der Waals surface area contributed by atoms with Gasteiger partial charge in [-0.25, -0.2) is 4.79 Å². The molecule has 1 saturated carbocycles. The minimum Gasteiger partial charge on any atom is -0.396 e. The first kappa shape index (κ1) is 15.8. The van der Waals surface area contributed by atoms with E-state index in [1.54, 1.807) is 10.9 Å². The molecule has 0 saturated heterocycles. The van der Waals surface area contributed by atoms with E-state index >= 15 is 0 Å².